The molecule has 3 heteroatoms. The summed E-state index contributed by atoms with van der Waals surface area (Å²) in [5.74, 6) is 1.28. The summed E-state index contributed by atoms with van der Waals surface area (Å²) in [6.07, 6.45) is 4.66. The second kappa shape index (κ2) is 3.66. The smallest absolute Gasteiger partial charge is 0.151 e. The second-order valence-corrected chi connectivity index (χ2v) is 3.23. The van der Waals surface area contributed by atoms with E-state index in [1.54, 1.807) is 12.3 Å². The average Bonchev–Trinajstić information content (AvgIpc) is 2.71. The van der Waals surface area contributed by atoms with E-state index in [0.717, 1.165) is 24.6 Å². The van der Waals surface area contributed by atoms with E-state index < -0.39 is 0 Å². The van der Waals surface area contributed by atoms with Crippen LogP contribution in [0.15, 0.2) is 18.8 Å². The summed E-state index contributed by atoms with van der Waals surface area (Å²) in [6, 6.07) is 1.99. The number of hydrogen-bond acceptors (Lipinski definition) is 3. The van der Waals surface area contributed by atoms with Gasteiger partial charge in [-0.15, -0.1) is 0 Å². The maximum atomic E-state index is 4.40. The maximum Gasteiger partial charge on any atom is 0.151 e. The Labute approximate surface area is 77.9 Å². The lowest BCUT2D eigenvalue weighted by molar-refractivity contribution is 0.729. The van der Waals surface area contributed by atoms with Gasteiger partial charge in [0.05, 0.1) is 0 Å². The van der Waals surface area contributed by atoms with Gasteiger partial charge < -0.3 is 5.32 Å². The average molecular weight is 175 g/mol. The second-order valence-electron chi connectivity index (χ2n) is 3.23. The van der Waals surface area contributed by atoms with Gasteiger partial charge in [0.25, 0.3) is 0 Å². The molecule has 0 amide bonds. The van der Waals surface area contributed by atoms with Crippen molar-refractivity contribution in [1.82, 2.24) is 15.3 Å². The Balaban J connectivity index is 2.23. The molecule has 0 aromatic carbocycles. The normalized spacial score (nSPS) is 21.7. The number of nitrogens with zero attached hydrogens (tertiary/aromatic N) is 2. The fourth-order valence-electron chi connectivity index (χ4n) is 1.62. The molecule has 1 aliphatic heterocycles. The quantitative estimate of drug-likeness (QED) is 0.733. The van der Waals surface area contributed by atoms with Gasteiger partial charge in [-0.3, -0.25) is 0 Å². The lowest BCUT2D eigenvalue weighted by Crippen LogP contribution is -2.09. The van der Waals surface area contributed by atoms with Crippen LogP contribution in [0.25, 0.3) is 6.08 Å². The van der Waals surface area contributed by atoms with Crippen LogP contribution in [-0.4, -0.2) is 23.1 Å². The molecule has 1 unspecified atom stereocenters. The van der Waals surface area contributed by atoms with Gasteiger partial charge >= 0.3 is 0 Å². The molecule has 0 radical (unpaired) electrons. The summed E-state index contributed by atoms with van der Waals surface area (Å²) in [5, 5.41) is 3.32. The third-order valence-electron chi connectivity index (χ3n) is 2.36. The number of aromatic nitrogens is 2. The van der Waals surface area contributed by atoms with Crippen molar-refractivity contribution in [3.05, 3.63) is 30.4 Å². The molecule has 3 nitrogen and oxygen atoms in total. The lowest BCUT2D eigenvalue weighted by atomic mass is 10.1. The predicted octanol–water partition coefficient (Wildman–Crippen LogP) is 1.20. The molecule has 1 aromatic rings. The zero-order valence-electron chi connectivity index (χ0n) is 7.53. The Morgan fingerprint density at radius 2 is 2.54 bits per heavy atom. The minimum Gasteiger partial charge on any atom is -0.316 e. The van der Waals surface area contributed by atoms with Crippen LogP contribution in [0.5, 0.6) is 0 Å². The van der Waals surface area contributed by atoms with Gasteiger partial charge in [0, 0.05) is 24.4 Å². The molecule has 0 saturated carbocycles. The van der Waals surface area contributed by atoms with Gasteiger partial charge in [-0.05, 0) is 25.1 Å². The van der Waals surface area contributed by atoms with Crippen LogP contribution in [0.3, 0.4) is 0 Å². The molecule has 2 rings (SSSR count). The summed E-state index contributed by atoms with van der Waals surface area (Å²) in [7, 11) is 0. The molecule has 0 aliphatic carbocycles. The molecule has 1 atom stereocenters. The third-order valence-corrected chi connectivity index (χ3v) is 2.36. The van der Waals surface area contributed by atoms with Gasteiger partial charge in [0.1, 0.15) is 0 Å². The van der Waals surface area contributed by atoms with Crippen molar-refractivity contribution < 1.29 is 0 Å². The molecule has 0 bridgehead atoms. The van der Waals surface area contributed by atoms with Crippen LogP contribution in [0, 0.1) is 0 Å². The lowest BCUT2D eigenvalue weighted by Gasteiger charge is -2.06. The SMILES string of the molecule is C=Cc1nccc(C2CCNC2)n1. The van der Waals surface area contributed by atoms with Gasteiger partial charge in [-0.1, -0.05) is 6.58 Å². The number of nitrogens with one attached hydrogen (secondary N) is 1. The van der Waals surface area contributed by atoms with Crippen LogP contribution in [-0.2, 0) is 0 Å². The molecule has 1 fully saturated rings. The van der Waals surface area contributed by atoms with E-state index in [4.69, 9.17) is 0 Å². The van der Waals surface area contributed by atoms with Crippen molar-refractivity contribution in [3.63, 3.8) is 0 Å². The summed E-state index contributed by atoms with van der Waals surface area (Å²) >= 11 is 0. The van der Waals surface area contributed by atoms with Crippen molar-refractivity contribution in [2.75, 3.05) is 13.1 Å². The highest BCUT2D eigenvalue weighted by Crippen LogP contribution is 2.19. The minimum atomic E-state index is 0.557. The molecule has 1 aliphatic rings. The highest BCUT2D eigenvalue weighted by molar-refractivity contribution is 5.36. The highest BCUT2D eigenvalue weighted by Gasteiger charge is 2.17. The predicted molar refractivity (Wildman–Crippen MR) is 52.4 cm³/mol. The van der Waals surface area contributed by atoms with Gasteiger partial charge in [0.2, 0.25) is 0 Å². The van der Waals surface area contributed by atoms with E-state index in [1.807, 2.05) is 6.07 Å². The fourth-order valence-corrected chi connectivity index (χ4v) is 1.62. The van der Waals surface area contributed by atoms with Crippen molar-refractivity contribution in [2.24, 2.45) is 0 Å². The number of rotatable bonds is 2. The zero-order valence-corrected chi connectivity index (χ0v) is 7.53. The molecule has 68 valence electrons. The Morgan fingerprint density at radius 1 is 1.62 bits per heavy atom. The summed E-state index contributed by atoms with van der Waals surface area (Å²) in [4.78, 5) is 8.48. The molecule has 0 spiro atoms. The van der Waals surface area contributed by atoms with Gasteiger partial charge in [-0.25, -0.2) is 9.97 Å². The summed E-state index contributed by atoms with van der Waals surface area (Å²) in [6.45, 7) is 5.79. The largest absolute Gasteiger partial charge is 0.316 e. The highest BCUT2D eigenvalue weighted by atomic mass is 14.9. The first-order chi connectivity index (χ1) is 6.40. The van der Waals surface area contributed by atoms with Crippen LogP contribution >= 0.6 is 0 Å². The Hall–Kier alpha value is -1.22. The first-order valence-corrected chi connectivity index (χ1v) is 4.56. The van der Waals surface area contributed by atoms with Crippen molar-refractivity contribution in [1.29, 1.82) is 0 Å². The third kappa shape index (κ3) is 1.75. The first kappa shape index (κ1) is 8.38. The Morgan fingerprint density at radius 3 is 3.23 bits per heavy atom. The molecule has 13 heavy (non-hydrogen) atoms. The van der Waals surface area contributed by atoms with Crippen LogP contribution in [0.2, 0.25) is 0 Å². The Bertz CT molecular complexity index is 303. The first-order valence-electron chi connectivity index (χ1n) is 4.56. The maximum absolute atomic E-state index is 4.40. The van der Waals surface area contributed by atoms with Crippen molar-refractivity contribution in [2.45, 2.75) is 12.3 Å². The monoisotopic (exact) mass is 175 g/mol. The molecule has 1 saturated heterocycles. The van der Waals surface area contributed by atoms with Crippen molar-refractivity contribution in [3.8, 4) is 0 Å². The molecular weight excluding hydrogens is 162 g/mol. The Kier molecular flexibility index (Phi) is 2.36. The van der Waals surface area contributed by atoms with E-state index >= 15 is 0 Å². The van der Waals surface area contributed by atoms with E-state index in [9.17, 15) is 0 Å². The van der Waals surface area contributed by atoms with Gasteiger partial charge in [-0.2, -0.15) is 0 Å². The van der Waals surface area contributed by atoms with Crippen LogP contribution in [0.1, 0.15) is 23.9 Å². The fraction of sp³-hybridized carbons (Fsp3) is 0.400. The topological polar surface area (TPSA) is 37.8 Å². The number of hydrogen-bond donors (Lipinski definition) is 1. The van der Waals surface area contributed by atoms with E-state index in [1.165, 1.54) is 6.42 Å². The molecule has 2 heterocycles. The summed E-state index contributed by atoms with van der Waals surface area (Å²) in [5.41, 5.74) is 1.13. The van der Waals surface area contributed by atoms with Crippen molar-refractivity contribution >= 4 is 6.08 Å². The minimum absolute atomic E-state index is 0.557. The van der Waals surface area contributed by atoms with Crippen LogP contribution < -0.4 is 5.32 Å². The zero-order chi connectivity index (χ0) is 9.10. The van der Waals surface area contributed by atoms with E-state index in [0.29, 0.717) is 5.92 Å². The van der Waals surface area contributed by atoms with Crippen LogP contribution in [0.4, 0.5) is 0 Å². The molecule has 1 N–H and O–H groups in total. The van der Waals surface area contributed by atoms with E-state index in [2.05, 4.69) is 21.9 Å². The van der Waals surface area contributed by atoms with E-state index in [-0.39, 0.29) is 0 Å². The molecular formula is C10H13N3. The standard InChI is InChI=1S/C10H13N3/c1-2-10-12-6-4-9(13-10)8-3-5-11-7-8/h2,4,6,8,11H,1,3,5,7H2. The van der Waals surface area contributed by atoms with Gasteiger partial charge in [0.15, 0.2) is 5.82 Å². The molecule has 1 aromatic heterocycles. The summed E-state index contributed by atoms with van der Waals surface area (Å²) < 4.78 is 0.